The molecular weight excluding hydrogens is 490 g/mol. The van der Waals surface area contributed by atoms with Crippen LogP contribution in [0.3, 0.4) is 0 Å². The van der Waals surface area contributed by atoms with Crippen molar-refractivity contribution < 1.29 is 28.5 Å². The predicted octanol–water partition coefficient (Wildman–Crippen LogP) is 3.31. The van der Waals surface area contributed by atoms with Gasteiger partial charge in [0.25, 0.3) is 0 Å². The van der Waals surface area contributed by atoms with Crippen molar-refractivity contribution in [1.82, 2.24) is 9.58 Å². The van der Waals surface area contributed by atoms with Crippen molar-refractivity contribution in [3.05, 3.63) is 113 Å². The van der Waals surface area contributed by atoms with E-state index in [-0.39, 0.29) is 44.4 Å². The van der Waals surface area contributed by atoms with Crippen LogP contribution in [0, 0.1) is 0 Å². The minimum Gasteiger partial charge on any atom is -0.482 e. The number of benzene rings is 2. The summed E-state index contributed by atoms with van der Waals surface area (Å²) in [6.45, 7) is 4.37. The summed E-state index contributed by atoms with van der Waals surface area (Å²) in [7, 11) is 0. The van der Waals surface area contributed by atoms with Crippen molar-refractivity contribution in [1.29, 1.82) is 0 Å². The molecule has 0 spiro atoms. The van der Waals surface area contributed by atoms with Gasteiger partial charge < -0.3 is 24.4 Å². The number of amides is 1. The Balaban J connectivity index is 1.63. The number of esters is 1. The zero-order chi connectivity index (χ0) is 26.7. The molecule has 0 saturated carbocycles. The Hall–Kier alpha value is -4.57. The van der Waals surface area contributed by atoms with E-state index < -0.39 is 23.7 Å². The standard InChI is InChI=1S/C28H29N3O7/c1-2-16-36-28(34)30-15-17-35-20-24(30)29-31-14-13-23(32)26(37-18-21-9-5-3-6-10-21)25(31)27(33)38-19-22-11-7-4-8-12-22/h2-14,24,29H,1,15-20H2. The minimum absolute atomic E-state index is 0.00652. The first-order valence-electron chi connectivity index (χ1n) is 12.1. The van der Waals surface area contributed by atoms with E-state index in [4.69, 9.17) is 18.9 Å². The van der Waals surface area contributed by atoms with E-state index in [1.807, 2.05) is 60.7 Å². The molecule has 3 aromatic rings. The van der Waals surface area contributed by atoms with E-state index in [2.05, 4.69) is 12.0 Å². The largest absolute Gasteiger partial charge is 0.482 e. The molecule has 2 heterocycles. The highest BCUT2D eigenvalue weighted by molar-refractivity contribution is 5.90. The zero-order valence-corrected chi connectivity index (χ0v) is 20.8. The van der Waals surface area contributed by atoms with Gasteiger partial charge in [0.15, 0.2) is 11.4 Å². The number of hydrogen-bond acceptors (Lipinski definition) is 8. The third kappa shape index (κ3) is 6.80. The van der Waals surface area contributed by atoms with Gasteiger partial charge in [-0.05, 0) is 11.1 Å². The van der Waals surface area contributed by atoms with Crippen LogP contribution in [0.25, 0.3) is 0 Å². The van der Waals surface area contributed by atoms with Crippen LogP contribution >= 0.6 is 0 Å². The molecule has 0 bridgehead atoms. The normalized spacial score (nSPS) is 14.8. The van der Waals surface area contributed by atoms with Crippen LogP contribution in [-0.2, 0) is 27.4 Å². The second-order valence-electron chi connectivity index (χ2n) is 8.34. The molecule has 1 aromatic heterocycles. The van der Waals surface area contributed by atoms with Gasteiger partial charge in [-0.15, -0.1) is 0 Å². The number of aromatic nitrogens is 1. The Kier molecular flexibility index (Phi) is 9.14. The number of rotatable bonds is 10. The van der Waals surface area contributed by atoms with Crippen molar-refractivity contribution >= 4 is 12.1 Å². The molecule has 198 valence electrons. The van der Waals surface area contributed by atoms with Crippen LogP contribution < -0.4 is 15.6 Å². The highest BCUT2D eigenvalue weighted by Gasteiger charge is 2.31. The molecule has 0 aliphatic carbocycles. The molecular formula is C28H29N3O7. The lowest BCUT2D eigenvalue weighted by Crippen LogP contribution is -2.55. The van der Waals surface area contributed by atoms with E-state index in [1.54, 1.807) is 0 Å². The van der Waals surface area contributed by atoms with Gasteiger partial charge in [-0.2, -0.15) is 0 Å². The molecule has 4 rings (SSSR count). The van der Waals surface area contributed by atoms with Gasteiger partial charge in [0.1, 0.15) is 26.0 Å². The van der Waals surface area contributed by atoms with Crippen molar-refractivity contribution in [2.24, 2.45) is 0 Å². The summed E-state index contributed by atoms with van der Waals surface area (Å²) in [5.74, 6) is -0.959. The SMILES string of the molecule is C=CCOC(=O)N1CCOCC1Nn1ccc(=O)c(OCc2ccccc2)c1C(=O)OCc1ccccc1. The number of carbonyl (C=O) groups is 2. The molecule has 38 heavy (non-hydrogen) atoms. The number of ether oxygens (including phenoxy) is 4. The molecule has 1 saturated heterocycles. The highest BCUT2D eigenvalue weighted by Crippen LogP contribution is 2.18. The van der Waals surface area contributed by atoms with Gasteiger partial charge in [0.2, 0.25) is 5.43 Å². The third-order valence-corrected chi connectivity index (χ3v) is 5.66. The average Bonchev–Trinajstić information content (AvgIpc) is 2.96. The molecule has 1 atom stereocenters. The maximum Gasteiger partial charge on any atom is 0.411 e. The minimum atomic E-state index is -0.778. The first-order valence-corrected chi connectivity index (χ1v) is 12.1. The monoisotopic (exact) mass is 519 g/mol. The Morgan fingerprint density at radius 3 is 2.37 bits per heavy atom. The van der Waals surface area contributed by atoms with Crippen LogP contribution in [0.4, 0.5) is 4.79 Å². The molecule has 10 nitrogen and oxygen atoms in total. The molecule has 1 fully saturated rings. The first-order chi connectivity index (χ1) is 18.6. The lowest BCUT2D eigenvalue weighted by molar-refractivity contribution is -0.00213. The van der Waals surface area contributed by atoms with Gasteiger partial charge in [-0.3, -0.25) is 14.4 Å². The van der Waals surface area contributed by atoms with Gasteiger partial charge in [-0.1, -0.05) is 73.3 Å². The van der Waals surface area contributed by atoms with Crippen LogP contribution in [0.5, 0.6) is 5.75 Å². The summed E-state index contributed by atoms with van der Waals surface area (Å²) >= 11 is 0. The Bertz CT molecular complexity index is 1290. The van der Waals surface area contributed by atoms with E-state index in [0.29, 0.717) is 6.61 Å². The number of pyridine rings is 1. The van der Waals surface area contributed by atoms with Crippen molar-refractivity contribution in [2.45, 2.75) is 19.4 Å². The molecule has 1 unspecified atom stereocenters. The summed E-state index contributed by atoms with van der Waals surface area (Å²) in [5.41, 5.74) is 4.03. The van der Waals surface area contributed by atoms with Crippen molar-refractivity contribution in [3.63, 3.8) is 0 Å². The van der Waals surface area contributed by atoms with Crippen LogP contribution in [0.15, 0.2) is 90.4 Å². The van der Waals surface area contributed by atoms with Crippen LogP contribution in [-0.4, -0.2) is 54.2 Å². The van der Waals surface area contributed by atoms with Crippen LogP contribution in [0.2, 0.25) is 0 Å². The van der Waals surface area contributed by atoms with Gasteiger partial charge in [-0.25, -0.2) is 9.59 Å². The Morgan fingerprint density at radius 2 is 1.68 bits per heavy atom. The fourth-order valence-corrected chi connectivity index (χ4v) is 3.78. The number of morpholine rings is 1. The molecule has 1 aliphatic rings. The van der Waals surface area contributed by atoms with Gasteiger partial charge in [0, 0.05) is 18.8 Å². The highest BCUT2D eigenvalue weighted by atomic mass is 16.6. The average molecular weight is 520 g/mol. The molecule has 1 aliphatic heterocycles. The summed E-state index contributed by atoms with van der Waals surface area (Å²) in [6, 6.07) is 19.7. The molecule has 2 aromatic carbocycles. The predicted molar refractivity (Wildman–Crippen MR) is 139 cm³/mol. The van der Waals surface area contributed by atoms with E-state index in [9.17, 15) is 14.4 Å². The zero-order valence-electron chi connectivity index (χ0n) is 20.8. The van der Waals surface area contributed by atoms with E-state index in [1.165, 1.54) is 27.9 Å². The number of nitrogens with one attached hydrogen (secondary N) is 1. The summed E-state index contributed by atoms with van der Waals surface area (Å²) in [5, 5.41) is 0. The Morgan fingerprint density at radius 1 is 1.00 bits per heavy atom. The quantitative estimate of drug-likeness (QED) is 0.321. The lowest BCUT2D eigenvalue weighted by Gasteiger charge is -2.36. The third-order valence-electron chi connectivity index (χ3n) is 5.66. The topological polar surface area (TPSA) is 108 Å². The second kappa shape index (κ2) is 13.1. The number of nitrogens with zero attached hydrogens (tertiary/aromatic N) is 2. The first kappa shape index (κ1) is 26.5. The fraction of sp³-hybridized carbons (Fsp3) is 0.250. The van der Waals surface area contributed by atoms with E-state index >= 15 is 0 Å². The summed E-state index contributed by atoms with van der Waals surface area (Å²) in [4.78, 5) is 40.3. The molecule has 1 amide bonds. The maximum atomic E-state index is 13.4. The smallest absolute Gasteiger partial charge is 0.411 e. The van der Waals surface area contributed by atoms with Gasteiger partial charge >= 0.3 is 12.1 Å². The summed E-state index contributed by atoms with van der Waals surface area (Å²) < 4.78 is 23.5. The number of hydrogen-bond donors (Lipinski definition) is 1. The lowest BCUT2D eigenvalue weighted by atomic mass is 10.2. The van der Waals surface area contributed by atoms with Crippen LogP contribution in [0.1, 0.15) is 21.6 Å². The number of carbonyl (C=O) groups excluding carboxylic acids is 2. The molecule has 1 N–H and O–H groups in total. The molecule has 0 radical (unpaired) electrons. The Labute approximate surface area is 220 Å². The maximum absolute atomic E-state index is 13.4. The second-order valence-corrected chi connectivity index (χ2v) is 8.34. The van der Waals surface area contributed by atoms with Crippen molar-refractivity contribution in [3.8, 4) is 5.75 Å². The molecule has 10 heteroatoms. The van der Waals surface area contributed by atoms with Crippen molar-refractivity contribution in [2.75, 3.05) is 31.8 Å². The van der Waals surface area contributed by atoms with E-state index in [0.717, 1.165) is 11.1 Å². The van der Waals surface area contributed by atoms with Gasteiger partial charge in [0.05, 0.1) is 13.2 Å². The fourth-order valence-electron chi connectivity index (χ4n) is 3.78. The summed E-state index contributed by atoms with van der Waals surface area (Å²) in [6.07, 6.45) is 1.59.